The zero-order chi connectivity index (χ0) is 13.9. The van der Waals surface area contributed by atoms with Crippen LogP contribution in [0.3, 0.4) is 0 Å². The summed E-state index contributed by atoms with van der Waals surface area (Å²) >= 11 is 3.66. The van der Waals surface area contributed by atoms with Gasteiger partial charge < -0.3 is 9.73 Å². The van der Waals surface area contributed by atoms with Crippen LogP contribution in [-0.4, -0.2) is 6.04 Å². The van der Waals surface area contributed by atoms with Crippen LogP contribution in [0.2, 0.25) is 0 Å². The molecule has 0 saturated heterocycles. The minimum Gasteiger partial charge on any atom is -0.469 e. The largest absolute Gasteiger partial charge is 0.469 e. The van der Waals surface area contributed by atoms with Crippen molar-refractivity contribution in [3.05, 3.63) is 58.0 Å². The van der Waals surface area contributed by atoms with Crippen LogP contribution in [0.5, 0.6) is 0 Å². The maximum Gasteiger partial charge on any atom is 0.103 e. The number of halogens is 1. The van der Waals surface area contributed by atoms with Crippen molar-refractivity contribution in [2.45, 2.75) is 44.7 Å². The zero-order valence-electron chi connectivity index (χ0n) is 11.7. The van der Waals surface area contributed by atoms with E-state index < -0.39 is 0 Å². The third-order valence-corrected chi connectivity index (χ3v) is 4.85. The summed E-state index contributed by atoms with van der Waals surface area (Å²) in [6, 6.07) is 11.5. The molecule has 0 bridgehead atoms. The molecule has 1 N–H and O–H groups in total. The van der Waals surface area contributed by atoms with E-state index in [1.165, 1.54) is 28.4 Å². The number of fused-ring (bicyclic) bond motifs is 1. The predicted octanol–water partition coefficient (Wildman–Crippen LogP) is 4.64. The highest BCUT2D eigenvalue weighted by molar-refractivity contribution is 9.10. The molecule has 20 heavy (non-hydrogen) atoms. The van der Waals surface area contributed by atoms with E-state index in [0.29, 0.717) is 12.1 Å². The topological polar surface area (TPSA) is 25.2 Å². The molecule has 0 saturated carbocycles. The standard InChI is InChI=1S/C17H20BrNO/c1-12(7-8-13-4-3-11-20-13)19-17-10-9-14-15(17)5-2-6-16(14)18/h2-6,11-12,17,19H,7-10H2,1H3. The fourth-order valence-electron chi connectivity index (χ4n) is 3.02. The van der Waals surface area contributed by atoms with Gasteiger partial charge >= 0.3 is 0 Å². The first-order valence-electron chi connectivity index (χ1n) is 7.30. The number of aryl methyl sites for hydroxylation is 1. The fourth-order valence-corrected chi connectivity index (χ4v) is 3.60. The molecule has 2 aromatic rings. The monoisotopic (exact) mass is 333 g/mol. The smallest absolute Gasteiger partial charge is 0.103 e. The van der Waals surface area contributed by atoms with Crippen LogP contribution in [0, 0.1) is 0 Å². The van der Waals surface area contributed by atoms with Crippen molar-refractivity contribution in [3.63, 3.8) is 0 Å². The fraction of sp³-hybridized carbons (Fsp3) is 0.412. The molecule has 1 aliphatic rings. The van der Waals surface area contributed by atoms with Crippen molar-refractivity contribution in [2.75, 3.05) is 0 Å². The minimum atomic E-state index is 0.495. The Morgan fingerprint density at radius 3 is 3.05 bits per heavy atom. The van der Waals surface area contributed by atoms with Gasteiger partial charge in [-0.2, -0.15) is 0 Å². The number of furan rings is 1. The lowest BCUT2D eigenvalue weighted by atomic mass is 10.1. The lowest BCUT2D eigenvalue weighted by Gasteiger charge is -2.20. The summed E-state index contributed by atoms with van der Waals surface area (Å²) in [6.45, 7) is 2.26. The van der Waals surface area contributed by atoms with Gasteiger partial charge in [-0.15, -0.1) is 0 Å². The second-order valence-electron chi connectivity index (χ2n) is 5.58. The van der Waals surface area contributed by atoms with Crippen molar-refractivity contribution in [1.29, 1.82) is 0 Å². The summed E-state index contributed by atoms with van der Waals surface area (Å²) in [5, 5.41) is 3.76. The normalized spacial score (nSPS) is 19.0. The van der Waals surface area contributed by atoms with E-state index in [4.69, 9.17) is 4.42 Å². The van der Waals surface area contributed by atoms with Crippen LogP contribution < -0.4 is 5.32 Å². The lowest BCUT2D eigenvalue weighted by molar-refractivity contribution is 0.416. The number of hydrogen-bond acceptors (Lipinski definition) is 2. The second kappa shape index (κ2) is 6.15. The first-order chi connectivity index (χ1) is 9.74. The molecular formula is C17H20BrNO. The summed E-state index contributed by atoms with van der Waals surface area (Å²) in [7, 11) is 0. The molecule has 0 spiro atoms. The van der Waals surface area contributed by atoms with E-state index in [9.17, 15) is 0 Å². The Bertz CT molecular complexity index is 564. The van der Waals surface area contributed by atoms with Gasteiger partial charge in [0.05, 0.1) is 6.26 Å². The van der Waals surface area contributed by atoms with Crippen LogP contribution in [0.4, 0.5) is 0 Å². The summed E-state index contributed by atoms with van der Waals surface area (Å²) in [6.07, 6.45) is 6.22. The van der Waals surface area contributed by atoms with Gasteiger partial charge in [0.2, 0.25) is 0 Å². The summed E-state index contributed by atoms with van der Waals surface area (Å²) in [4.78, 5) is 0. The quantitative estimate of drug-likeness (QED) is 0.862. The van der Waals surface area contributed by atoms with Gasteiger partial charge in [-0.3, -0.25) is 0 Å². The van der Waals surface area contributed by atoms with Gasteiger partial charge in [0.1, 0.15) is 5.76 Å². The first kappa shape index (κ1) is 13.9. The molecule has 106 valence electrons. The molecule has 0 aliphatic heterocycles. The van der Waals surface area contributed by atoms with Crippen molar-refractivity contribution in [1.82, 2.24) is 5.32 Å². The number of benzene rings is 1. The van der Waals surface area contributed by atoms with E-state index in [-0.39, 0.29) is 0 Å². The molecule has 2 unspecified atom stereocenters. The third-order valence-electron chi connectivity index (χ3n) is 4.10. The van der Waals surface area contributed by atoms with Crippen LogP contribution in [0.25, 0.3) is 0 Å². The van der Waals surface area contributed by atoms with Gasteiger partial charge in [-0.1, -0.05) is 28.1 Å². The van der Waals surface area contributed by atoms with E-state index in [2.05, 4.69) is 52.4 Å². The predicted molar refractivity (Wildman–Crippen MR) is 84.8 cm³/mol. The van der Waals surface area contributed by atoms with Crippen LogP contribution in [-0.2, 0) is 12.8 Å². The maximum atomic E-state index is 5.39. The molecule has 0 radical (unpaired) electrons. The highest BCUT2D eigenvalue weighted by Crippen LogP contribution is 2.35. The Morgan fingerprint density at radius 2 is 2.25 bits per heavy atom. The molecule has 1 aliphatic carbocycles. The SMILES string of the molecule is CC(CCc1ccco1)NC1CCc2c(Br)cccc21. The molecule has 1 heterocycles. The molecule has 0 amide bonds. The Labute approximate surface area is 128 Å². The summed E-state index contributed by atoms with van der Waals surface area (Å²) in [5.41, 5.74) is 2.94. The molecule has 3 heteroatoms. The zero-order valence-corrected chi connectivity index (χ0v) is 13.3. The molecule has 0 fully saturated rings. The number of hydrogen-bond donors (Lipinski definition) is 1. The number of rotatable bonds is 5. The van der Waals surface area contributed by atoms with Gasteiger partial charge in [0.25, 0.3) is 0 Å². The number of nitrogens with one attached hydrogen (secondary N) is 1. The van der Waals surface area contributed by atoms with Crippen LogP contribution in [0.1, 0.15) is 42.7 Å². The molecule has 2 nitrogen and oxygen atoms in total. The average Bonchev–Trinajstić information content (AvgIpc) is 3.07. The Balaban J connectivity index is 1.58. The van der Waals surface area contributed by atoms with E-state index in [1.54, 1.807) is 6.26 Å². The van der Waals surface area contributed by atoms with Gasteiger partial charge in [0, 0.05) is 23.0 Å². The lowest BCUT2D eigenvalue weighted by Crippen LogP contribution is -2.29. The van der Waals surface area contributed by atoms with Crippen LogP contribution in [0.15, 0.2) is 45.5 Å². The third kappa shape index (κ3) is 2.99. The first-order valence-corrected chi connectivity index (χ1v) is 8.09. The van der Waals surface area contributed by atoms with Gasteiger partial charge in [0.15, 0.2) is 0 Å². The second-order valence-corrected chi connectivity index (χ2v) is 6.44. The van der Waals surface area contributed by atoms with Crippen LogP contribution >= 0.6 is 15.9 Å². The van der Waals surface area contributed by atoms with Crippen molar-refractivity contribution >= 4 is 15.9 Å². The molecule has 1 aromatic heterocycles. The van der Waals surface area contributed by atoms with Gasteiger partial charge in [-0.25, -0.2) is 0 Å². The molecule has 2 atom stereocenters. The summed E-state index contributed by atoms with van der Waals surface area (Å²) in [5.74, 6) is 1.08. The maximum absolute atomic E-state index is 5.39. The highest BCUT2D eigenvalue weighted by Gasteiger charge is 2.24. The van der Waals surface area contributed by atoms with Crippen molar-refractivity contribution in [2.24, 2.45) is 0 Å². The summed E-state index contributed by atoms with van der Waals surface area (Å²) < 4.78 is 6.64. The van der Waals surface area contributed by atoms with Crippen molar-refractivity contribution < 1.29 is 4.42 Å². The van der Waals surface area contributed by atoms with E-state index in [1.807, 2.05) is 6.07 Å². The average molecular weight is 334 g/mol. The highest BCUT2D eigenvalue weighted by atomic mass is 79.9. The Kier molecular flexibility index (Phi) is 4.27. The Hall–Kier alpha value is -1.06. The van der Waals surface area contributed by atoms with Crippen molar-refractivity contribution in [3.8, 4) is 0 Å². The van der Waals surface area contributed by atoms with E-state index >= 15 is 0 Å². The minimum absolute atomic E-state index is 0.495. The Morgan fingerprint density at radius 1 is 1.35 bits per heavy atom. The molecule has 1 aromatic carbocycles. The molecule has 3 rings (SSSR count). The van der Waals surface area contributed by atoms with Gasteiger partial charge in [-0.05, 0) is 55.5 Å². The molecular weight excluding hydrogens is 314 g/mol. The van der Waals surface area contributed by atoms with E-state index in [0.717, 1.165) is 18.6 Å².